The van der Waals surface area contributed by atoms with Gasteiger partial charge in [0, 0.05) is 29.1 Å². The minimum absolute atomic E-state index is 0.0959. The number of carbonyl (C=O) groups excluding carboxylic acids is 2. The van der Waals surface area contributed by atoms with Crippen LogP contribution >= 0.6 is 11.6 Å². The predicted molar refractivity (Wildman–Crippen MR) is 130 cm³/mol. The Kier molecular flexibility index (Phi) is 9.19. The third-order valence-electron chi connectivity index (χ3n) is 5.44. The molecule has 33 heavy (non-hydrogen) atoms. The van der Waals surface area contributed by atoms with Crippen LogP contribution in [0.3, 0.4) is 0 Å². The maximum absolute atomic E-state index is 12.7. The van der Waals surface area contributed by atoms with Crippen LogP contribution < -0.4 is 5.32 Å². The molecule has 0 saturated carbocycles. The maximum Gasteiger partial charge on any atom is 0.251 e. The summed E-state index contributed by atoms with van der Waals surface area (Å²) in [7, 11) is 1.43. The lowest BCUT2D eigenvalue weighted by molar-refractivity contribution is -0.282. The van der Waals surface area contributed by atoms with Crippen LogP contribution in [0.2, 0.25) is 5.02 Å². The molecule has 0 bridgehead atoms. The van der Waals surface area contributed by atoms with Gasteiger partial charge in [0.2, 0.25) is 0 Å². The zero-order chi connectivity index (χ0) is 23.6. The summed E-state index contributed by atoms with van der Waals surface area (Å²) < 4.78 is 0. The molecule has 1 unspecified atom stereocenters. The van der Waals surface area contributed by atoms with Crippen LogP contribution in [0.1, 0.15) is 46.0 Å². The van der Waals surface area contributed by atoms with E-state index in [4.69, 9.17) is 16.5 Å². The quantitative estimate of drug-likeness (QED) is 0.210. The smallest absolute Gasteiger partial charge is 0.251 e. The third kappa shape index (κ3) is 7.26. The van der Waals surface area contributed by atoms with Crippen molar-refractivity contribution in [3.63, 3.8) is 0 Å². The van der Waals surface area contributed by atoms with E-state index in [9.17, 15) is 9.59 Å². The van der Waals surface area contributed by atoms with Gasteiger partial charge >= 0.3 is 0 Å². The standard InChI is InChI=1S/C27H28ClNO4/c1-19(15-16-29-27(31)25-6-4-3-5-23(25)18-33-32-2)17-26(30)22-9-7-20(8-10-22)21-11-13-24(28)14-12-21/h3-14,19H,15-18H2,1-2H3,(H,29,31). The summed E-state index contributed by atoms with van der Waals surface area (Å²) in [5.41, 5.74) is 4.09. The number of ketones is 1. The van der Waals surface area contributed by atoms with E-state index in [0.29, 0.717) is 35.5 Å². The Morgan fingerprint density at radius 1 is 0.939 bits per heavy atom. The van der Waals surface area contributed by atoms with E-state index in [1.807, 2.05) is 73.7 Å². The van der Waals surface area contributed by atoms with Crippen molar-refractivity contribution in [1.29, 1.82) is 0 Å². The van der Waals surface area contributed by atoms with Crippen molar-refractivity contribution in [2.45, 2.75) is 26.4 Å². The van der Waals surface area contributed by atoms with E-state index in [0.717, 1.165) is 16.7 Å². The van der Waals surface area contributed by atoms with Crippen molar-refractivity contribution in [3.05, 3.63) is 94.5 Å². The molecule has 3 rings (SSSR count). The van der Waals surface area contributed by atoms with Gasteiger partial charge in [-0.05, 0) is 47.2 Å². The molecule has 0 saturated heterocycles. The lowest BCUT2D eigenvalue weighted by atomic mass is 9.95. The number of benzene rings is 3. The summed E-state index contributed by atoms with van der Waals surface area (Å²) in [6.07, 6.45) is 1.13. The average Bonchev–Trinajstić information content (AvgIpc) is 2.83. The first kappa shape index (κ1) is 24.6. The molecule has 5 nitrogen and oxygen atoms in total. The van der Waals surface area contributed by atoms with E-state index >= 15 is 0 Å². The number of nitrogens with one attached hydrogen (secondary N) is 1. The van der Waals surface area contributed by atoms with Crippen LogP contribution in [0.15, 0.2) is 72.8 Å². The van der Waals surface area contributed by atoms with Gasteiger partial charge in [-0.3, -0.25) is 9.59 Å². The fourth-order valence-electron chi connectivity index (χ4n) is 3.54. The van der Waals surface area contributed by atoms with E-state index in [1.54, 1.807) is 6.07 Å². The van der Waals surface area contributed by atoms with Crippen LogP contribution in [-0.2, 0) is 16.4 Å². The highest BCUT2D eigenvalue weighted by atomic mass is 35.5. The van der Waals surface area contributed by atoms with Gasteiger partial charge in [0.15, 0.2) is 5.78 Å². The lowest BCUT2D eigenvalue weighted by Crippen LogP contribution is -2.27. The molecule has 1 amide bonds. The van der Waals surface area contributed by atoms with E-state index < -0.39 is 0 Å². The summed E-state index contributed by atoms with van der Waals surface area (Å²) in [5.74, 6) is 0.0703. The molecule has 3 aromatic rings. The number of hydrogen-bond donors (Lipinski definition) is 1. The highest BCUT2D eigenvalue weighted by Gasteiger charge is 2.14. The molecule has 0 aliphatic carbocycles. The molecule has 6 heteroatoms. The van der Waals surface area contributed by atoms with Gasteiger partial charge in [-0.25, -0.2) is 9.78 Å². The Bertz CT molecular complexity index is 1060. The van der Waals surface area contributed by atoms with E-state index in [2.05, 4.69) is 10.2 Å². The van der Waals surface area contributed by atoms with Crippen molar-refractivity contribution >= 4 is 23.3 Å². The fraction of sp³-hybridized carbons (Fsp3) is 0.259. The molecule has 3 aromatic carbocycles. The summed E-state index contributed by atoms with van der Waals surface area (Å²) in [5, 5.41) is 3.63. The predicted octanol–water partition coefficient (Wildman–Crippen LogP) is 6.11. The van der Waals surface area contributed by atoms with Crippen LogP contribution in [0, 0.1) is 5.92 Å². The first-order valence-corrected chi connectivity index (χ1v) is 11.3. The molecule has 0 fully saturated rings. The number of amides is 1. The molecule has 1 N–H and O–H groups in total. The van der Waals surface area contributed by atoms with E-state index in [1.165, 1.54) is 7.11 Å². The minimum atomic E-state index is -0.165. The van der Waals surface area contributed by atoms with Gasteiger partial charge in [0.25, 0.3) is 5.91 Å². The van der Waals surface area contributed by atoms with Gasteiger partial charge in [-0.2, -0.15) is 0 Å². The lowest BCUT2D eigenvalue weighted by Gasteiger charge is -2.13. The number of Topliss-reactive ketones (excluding diaryl/α,β-unsaturated/α-hetero) is 1. The second-order valence-electron chi connectivity index (χ2n) is 7.95. The highest BCUT2D eigenvalue weighted by molar-refractivity contribution is 6.30. The number of halogens is 1. The largest absolute Gasteiger partial charge is 0.352 e. The summed E-state index contributed by atoms with van der Waals surface area (Å²) in [6.45, 7) is 2.70. The summed E-state index contributed by atoms with van der Waals surface area (Å²) in [6, 6.07) is 22.5. The minimum Gasteiger partial charge on any atom is -0.352 e. The maximum atomic E-state index is 12.7. The van der Waals surface area contributed by atoms with Gasteiger partial charge in [0.05, 0.1) is 7.11 Å². The Morgan fingerprint density at radius 3 is 2.24 bits per heavy atom. The fourth-order valence-corrected chi connectivity index (χ4v) is 3.67. The monoisotopic (exact) mass is 465 g/mol. The topological polar surface area (TPSA) is 64.6 Å². The number of rotatable bonds is 11. The van der Waals surface area contributed by atoms with Gasteiger partial charge < -0.3 is 5.32 Å². The summed E-state index contributed by atoms with van der Waals surface area (Å²) in [4.78, 5) is 34.8. The molecular formula is C27H28ClNO4. The zero-order valence-electron chi connectivity index (χ0n) is 18.8. The Labute approximate surface area is 199 Å². The number of carbonyl (C=O) groups is 2. The van der Waals surface area contributed by atoms with Gasteiger partial charge in [-0.1, -0.05) is 73.1 Å². The first-order valence-electron chi connectivity index (χ1n) is 10.9. The third-order valence-corrected chi connectivity index (χ3v) is 5.69. The molecule has 1 atom stereocenters. The molecule has 0 aliphatic heterocycles. The second kappa shape index (κ2) is 12.3. The molecule has 0 heterocycles. The van der Waals surface area contributed by atoms with Gasteiger partial charge in [0.1, 0.15) is 6.61 Å². The normalized spacial score (nSPS) is 11.7. The molecule has 0 radical (unpaired) electrons. The Hall–Kier alpha value is -2.99. The zero-order valence-corrected chi connectivity index (χ0v) is 19.6. The number of hydrogen-bond acceptors (Lipinski definition) is 4. The highest BCUT2D eigenvalue weighted by Crippen LogP contribution is 2.23. The van der Waals surface area contributed by atoms with Crippen molar-refractivity contribution in [1.82, 2.24) is 5.32 Å². The Morgan fingerprint density at radius 2 is 1.58 bits per heavy atom. The van der Waals surface area contributed by atoms with Crippen LogP contribution in [0.4, 0.5) is 0 Å². The molecule has 0 aromatic heterocycles. The Balaban J connectivity index is 1.48. The molecule has 0 aliphatic rings. The average molecular weight is 466 g/mol. The molecule has 172 valence electrons. The SMILES string of the molecule is COOCc1ccccc1C(=O)NCCC(C)CC(=O)c1ccc(-c2ccc(Cl)cc2)cc1. The van der Waals surface area contributed by atoms with Gasteiger partial charge in [-0.15, -0.1) is 0 Å². The van der Waals surface area contributed by atoms with Crippen LogP contribution in [0.5, 0.6) is 0 Å². The molecular weight excluding hydrogens is 438 g/mol. The van der Waals surface area contributed by atoms with Crippen molar-refractivity contribution in [2.75, 3.05) is 13.7 Å². The van der Waals surface area contributed by atoms with Crippen molar-refractivity contribution in [3.8, 4) is 11.1 Å². The first-order chi connectivity index (χ1) is 16.0. The van der Waals surface area contributed by atoms with Crippen molar-refractivity contribution < 1.29 is 19.4 Å². The van der Waals surface area contributed by atoms with Crippen LogP contribution in [-0.4, -0.2) is 25.3 Å². The summed E-state index contributed by atoms with van der Waals surface area (Å²) >= 11 is 5.95. The van der Waals surface area contributed by atoms with Crippen molar-refractivity contribution in [2.24, 2.45) is 5.92 Å². The van der Waals surface area contributed by atoms with E-state index in [-0.39, 0.29) is 24.2 Å². The van der Waals surface area contributed by atoms with Crippen LogP contribution in [0.25, 0.3) is 11.1 Å². The molecule has 0 spiro atoms. The second-order valence-corrected chi connectivity index (χ2v) is 8.38.